The lowest BCUT2D eigenvalue weighted by Gasteiger charge is -2.22. The van der Waals surface area contributed by atoms with Gasteiger partial charge in [0.05, 0.1) is 5.39 Å². The van der Waals surface area contributed by atoms with Crippen LogP contribution in [0.25, 0.3) is 11.0 Å². The summed E-state index contributed by atoms with van der Waals surface area (Å²) in [4.78, 5) is 34.2. The van der Waals surface area contributed by atoms with E-state index in [1.807, 2.05) is 6.07 Å². The number of aromatic carboxylic acids is 1. The van der Waals surface area contributed by atoms with E-state index in [1.54, 1.807) is 0 Å². The first-order valence-corrected chi connectivity index (χ1v) is 10.4. The Morgan fingerprint density at radius 2 is 2.03 bits per heavy atom. The third-order valence-electron chi connectivity index (χ3n) is 6.22. The number of carboxylic acids is 1. The average molecular weight is 404 g/mol. The molecule has 3 N–H and O–H groups in total. The van der Waals surface area contributed by atoms with Crippen LogP contribution in [0.3, 0.4) is 0 Å². The number of aromatic amines is 1. The Hall–Kier alpha value is -3.19. The molecule has 1 aromatic carbocycles. The van der Waals surface area contributed by atoms with Gasteiger partial charge in [-0.3, -0.25) is 4.79 Å². The summed E-state index contributed by atoms with van der Waals surface area (Å²) in [5.74, 6) is -0.265. The minimum atomic E-state index is -1.21. The van der Waals surface area contributed by atoms with E-state index in [1.165, 1.54) is 11.8 Å². The van der Waals surface area contributed by atoms with Crippen LogP contribution in [-0.2, 0) is 19.4 Å². The van der Waals surface area contributed by atoms with E-state index in [9.17, 15) is 14.7 Å². The predicted octanol–water partition coefficient (Wildman–Crippen LogP) is 2.48. The number of carboxylic acid groups (broad SMARTS) is 1. The van der Waals surface area contributed by atoms with Gasteiger partial charge in [-0.25, -0.2) is 9.78 Å². The number of hydrogen-bond donors (Lipinski definition) is 3. The smallest absolute Gasteiger partial charge is 0.341 e. The molecule has 7 nitrogen and oxygen atoms in total. The number of hydrogen-bond acceptors (Lipinski definition) is 5. The van der Waals surface area contributed by atoms with E-state index in [0.29, 0.717) is 17.1 Å². The summed E-state index contributed by atoms with van der Waals surface area (Å²) in [6.45, 7) is 2.62. The summed E-state index contributed by atoms with van der Waals surface area (Å²) in [5, 5.41) is 13.4. The molecular formula is C23H24N4O3. The summed E-state index contributed by atoms with van der Waals surface area (Å²) in [6, 6.07) is 10.8. The quantitative estimate of drug-likeness (QED) is 0.604. The summed E-state index contributed by atoms with van der Waals surface area (Å²) < 4.78 is 0. The molecule has 0 saturated carbocycles. The third-order valence-corrected chi connectivity index (χ3v) is 6.22. The fourth-order valence-corrected chi connectivity index (χ4v) is 4.73. The molecule has 0 bridgehead atoms. The van der Waals surface area contributed by atoms with Crippen LogP contribution in [-0.4, -0.2) is 40.2 Å². The van der Waals surface area contributed by atoms with Crippen molar-refractivity contribution in [2.24, 2.45) is 0 Å². The van der Waals surface area contributed by atoms with Gasteiger partial charge in [0.1, 0.15) is 17.0 Å². The van der Waals surface area contributed by atoms with Crippen LogP contribution >= 0.6 is 0 Å². The van der Waals surface area contributed by atoms with Crippen molar-refractivity contribution in [1.82, 2.24) is 15.3 Å². The monoisotopic (exact) mass is 404 g/mol. The Morgan fingerprint density at radius 1 is 1.23 bits per heavy atom. The van der Waals surface area contributed by atoms with Crippen molar-refractivity contribution < 1.29 is 9.90 Å². The lowest BCUT2D eigenvalue weighted by Crippen LogP contribution is -2.32. The van der Waals surface area contributed by atoms with Crippen molar-refractivity contribution in [1.29, 1.82) is 0 Å². The summed E-state index contributed by atoms with van der Waals surface area (Å²) in [5.41, 5.74) is 3.18. The molecular weight excluding hydrogens is 380 g/mol. The summed E-state index contributed by atoms with van der Waals surface area (Å²) >= 11 is 0. The molecule has 0 spiro atoms. The zero-order valence-corrected chi connectivity index (χ0v) is 16.6. The first-order chi connectivity index (χ1) is 14.6. The van der Waals surface area contributed by atoms with Crippen LogP contribution in [0.4, 0.5) is 5.82 Å². The fourth-order valence-electron chi connectivity index (χ4n) is 4.73. The maximum Gasteiger partial charge on any atom is 0.341 e. The van der Waals surface area contributed by atoms with Gasteiger partial charge in [0, 0.05) is 31.9 Å². The fraction of sp³-hybridized carbons (Fsp3) is 0.348. The Bertz CT molecular complexity index is 1170. The van der Waals surface area contributed by atoms with Crippen molar-refractivity contribution in [2.75, 3.05) is 18.0 Å². The van der Waals surface area contributed by atoms with Gasteiger partial charge < -0.3 is 20.3 Å². The number of benzene rings is 1. The first-order valence-electron chi connectivity index (χ1n) is 10.4. The zero-order valence-electron chi connectivity index (χ0n) is 16.6. The maximum absolute atomic E-state index is 12.8. The molecule has 2 aromatic heterocycles. The van der Waals surface area contributed by atoms with E-state index in [-0.39, 0.29) is 5.56 Å². The van der Waals surface area contributed by atoms with Crippen LogP contribution in [0.2, 0.25) is 0 Å². The molecule has 5 rings (SSSR count). The molecule has 30 heavy (non-hydrogen) atoms. The Balaban J connectivity index is 1.43. The van der Waals surface area contributed by atoms with E-state index in [2.05, 4.69) is 39.5 Å². The molecule has 1 aliphatic carbocycles. The highest BCUT2D eigenvalue weighted by Crippen LogP contribution is 2.35. The lowest BCUT2D eigenvalue weighted by molar-refractivity contribution is 0.0695. The molecule has 3 aromatic rings. The minimum Gasteiger partial charge on any atom is -0.477 e. The Kier molecular flexibility index (Phi) is 4.75. The number of fused-ring (bicyclic) bond motifs is 3. The van der Waals surface area contributed by atoms with Crippen LogP contribution in [0, 0.1) is 0 Å². The standard InChI is InChI=1S/C23H24N4O3/c28-20-18(23(29)30)12-25-21-19(20)16-7-4-8-17(16)22(26-21)27-10-9-15(13-27)24-11-14-5-2-1-3-6-14/h1-3,5-6,12,15,24H,4,7-11,13H2,(H,29,30)(H,25,26,28). The molecule has 0 radical (unpaired) electrons. The number of H-pyrrole nitrogens is 1. The Labute approximate surface area is 173 Å². The van der Waals surface area contributed by atoms with Crippen molar-refractivity contribution in [3.63, 3.8) is 0 Å². The second-order valence-electron chi connectivity index (χ2n) is 8.10. The number of pyridine rings is 2. The number of aryl methyl sites for hydroxylation is 1. The number of nitrogens with one attached hydrogen (secondary N) is 2. The van der Waals surface area contributed by atoms with E-state index < -0.39 is 11.4 Å². The van der Waals surface area contributed by atoms with Gasteiger partial charge in [0.15, 0.2) is 0 Å². The minimum absolute atomic E-state index is 0.225. The molecule has 1 fully saturated rings. The second-order valence-corrected chi connectivity index (χ2v) is 8.10. The zero-order chi connectivity index (χ0) is 20.7. The topological polar surface area (TPSA) is 98.3 Å². The van der Waals surface area contributed by atoms with Gasteiger partial charge in [0.2, 0.25) is 5.43 Å². The lowest BCUT2D eigenvalue weighted by atomic mass is 10.0. The van der Waals surface area contributed by atoms with E-state index in [4.69, 9.17) is 4.98 Å². The number of rotatable bonds is 5. The number of nitrogens with zero attached hydrogens (tertiary/aromatic N) is 2. The van der Waals surface area contributed by atoms with E-state index >= 15 is 0 Å². The average Bonchev–Trinajstić information content (AvgIpc) is 3.42. The SMILES string of the molecule is O=C(O)c1c[nH]c2nc(N3CCC(NCc4ccccc4)C3)c3c(c2c1=O)CCC3. The third kappa shape index (κ3) is 3.25. The van der Waals surface area contributed by atoms with Crippen LogP contribution in [0.5, 0.6) is 0 Å². The van der Waals surface area contributed by atoms with Gasteiger partial charge >= 0.3 is 5.97 Å². The second kappa shape index (κ2) is 7.57. The molecule has 0 amide bonds. The molecule has 1 saturated heterocycles. The van der Waals surface area contributed by atoms with Crippen molar-refractivity contribution in [3.05, 3.63) is 69.0 Å². The number of aromatic nitrogens is 2. The highest BCUT2D eigenvalue weighted by molar-refractivity contribution is 5.93. The van der Waals surface area contributed by atoms with Crippen molar-refractivity contribution in [2.45, 2.75) is 38.3 Å². The van der Waals surface area contributed by atoms with E-state index in [0.717, 1.165) is 62.3 Å². The van der Waals surface area contributed by atoms with Gasteiger partial charge in [0.25, 0.3) is 0 Å². The molecule has 1 unspecified atom stereocenters. The molecule has 154 valence electrons. The van der Waals surface area contributed by atoms with Crippen LogP contribution in [0.1, 0.15) is 39.9 Å². The van der Waals surface area contributed by atoms with Crippen LogP contribution < -0.4 is 15.6 Å². The summed E-state index contributed by atoms with van der Waals surface area (Å²) in [6.07, 6.45) is 4.93. The van der Waals surface area contributed by atoms with Gasteiger partial charge in [-0.15, -0.1) is 0 Å². The molecule has 1 atom stereocenters. The summed E-state index contributed by atoms with van der Waals surface area (Å²) in [7, 11) is 0. The van der Waals surface area contributed by atoms with Crippen molar-refractivity contribution >= 4 is 22.8 Å². The number of anilines is 1. The molecule has 2 aliphatic rings. The van der Waals surface area contributed by atoms with Gasteiger partial charge in [-0.2, -0.15) is 0 Å². The normalized spacial score (nSPS) is 18.1. The van der Waals surface area contributed by atoms with Gasteiger partial charge in [-0.05, 0) is 42.4 Å². The predicted molar refractivity (Wildman–Crippen MR) is 115 cm³/mol. The molecule has 3 heterocycles. The Morgan fingerprint density at radius 3 is 2.83 bits per heavy atom. The maximum atomic E-state index is 12.8. The molecule has 1 aliphatic heterocycles. The van der Waals surface area contributed by atoms with Crippen LogP contribution in [0.15, 0.2) is 41.3 Å². The van der Waals surface area contributed by atoms with Gasteiger partial charge in [-0.1, -0.05) is 30.3 Å². The first kappa shape index (κ1) is 18.8. The number of carbonyl (C=O) groups is 1. The van der Waals surface area contributed by atoms with Crippen molar-refractivity contribution in [3.8, 4) is 0 Å². The highest BCUT2D eigenvalue weighted by Gasteiger charge is 2.30. The largest absolute Gasteiger partial charge is 0.477 e. The molecule has 7 heteroatoms. The highest BCUT2D eigenvalue weighted by atomic mass is 16.4.